The fourth-order valence-electron chi connectivity index (χ4n) is 3.83. The Labute approximate surface area is 188 Å². The van der Waals surface area contributed by atoms with Gasteiger partial charge in [-0.2, -0.15) is 0 Å². The van der Waals surface area contributed by atoms with Crippen LogP contribution in [-0.2, 0) is 11.3 Å². The van der Waals surface area contributed by atoms with Gasteiger partial charge in [0, 0.05) is 10.8 Å². The minimum absolute atomic E-state index is 0.475. The van der Waals surface area contributed by atoms with Gasteiger partial charge in [-0.15, -0.1) is 0 Å². The van der Waals surface area contributed by atoms with Crippen LogP contribution < -0.4 is 4.74 Å². The van der Waals surface area contributed by atoms with Crippen LogP contribution in [0.3, 0.4) is 0 Å². The summed E-state index contributed by atoms with van der Waals surface area (Å²) in [5.74, 6) is 0.794. The topological polar surface area (TPSA) is 64.4 Å². The van der Waals surface area contributed by atoms with Gasteiger partial charge in [0.05, 0.1) is 18.3 Å². The SMILES string of the molecule is COc1ccc(-c2ccc3c(c2)c2ccc(/C=C/c4ccccc4)nc2n3S(=O)O)cc1. The van der Waals surface area contributed by atoms with Crippen molar-refractivity contribution in [1.29, 1.82) is 0 Å². The molecular weight excluding hydrogens is 420 g/mol. The van der Waals surface area contributed by atoms with Gasteiger partial charge in [-0.3, -0.25) is 4.55 Å². The number of aromatic nitrogens is 2. The summed E-state index contributed by atoms with van der Waals surface area (Å²) < 4.78 is 28.8. The summed E-state index contributed by atoms with van der Waals surface area (Å²) in [6.07, 6.45) is 3.87. The lowest BCUT2D eigenvalue weighted by Gasteiger charge is -2.05. The summed E-state index contributed by atoms with van der Waals surface area (Å²) in [4.78, 5) is 4.68. The molecular formula is C26H20N2O3S. The van der Waals surface area contributed by atoms with Gasteiger partial charge in [-0.25, -0.2) is 13.2 Å². The molecule has 1 atom stereocenters. The third kappa shape index (κ3) is 3.70. The highest BCUT2D eigenvalue weighted by Gasteiger charge is 2.16. The zero-order valence-corrected chi connectivity index (χ0v) is 18.1. The third-order valence-electron chi connectivity index (χ3n) is 5.42. The number of fused-ring (bicyclic) bond motifs is 3. The Balaban J connectivity index is 1.64. The molecule has 6 heteroatoms. The Morgan fingerprint density at radius 3 is 2.34 bits per heavy atom. The van der Waals surface area contributed by atoms with Gasteiger partial charge in [0.15, 0.2) is 5.65 Å². The van der Waals surface area contributed by atoms with Crippen LogP contribution in [0.1, 0.15) is 11.3 Å². The second-order valence-corrected chi connectivity index (χ2v) is 8.16. The van der Waals surface area contributed by atoms with E-state index in [1.54, 1.807) is 7.11 Å². The van der Waals surface area contributed by atoms with Crippen LogP contribution in [0.2, 0.25) is 0 Å². The van der Waals surface area contributed by atoms with Gasteiger partial charge >= 0.3 is 0 Å². The monoisotopic (exact) mass is 440 g/mol. The minimum Gasteiger partial charge on any atom is -0.497 e. The lowest BCUT2D eigenvalue weighted by atomic mass is 10.0. The Morgan fingerprint density at radius 1 is 0.875 bits per heavy atom. The number of hydrogen-bond donors (Lipinski definition) is 1. The molecule has 0 amide bonds. The van der Waals surface area contributed by atoms with Crippen molar-refractivity contribution in [3.8, 4) is 16.9 Å². The van der Waals surface area contributed by atoms with Crippen molar-refractivity contribution in [2.45, 2.75) is 0 Å². The van der Waals surface area contributed by atoms with E-state index in [4.69, 9.17) is 4.74 Å². The first-order valence-corrected chi connectivity index (χ1v) is 11.1. The maximum absolute atomic E-state index is 12.2. The second kappa shape index (κ2) is 8.42. The van der Waals surface area contributed by atoms with Crippen molar-refractivity contribution >= 4 is 45.4 Å². The second-order valence-electron chi connectivity index (χ2n) is 7.34. The highest BCUT2D eigenvalue weighted by atomic mass is 32.2. The van der Waals surface area contributed by atoms with Gasteiger partial charge in [0.25, 0.3) is 11.3 Å². The van der Waals surface area contributed by atoms with Crippen molar-refractivity contribution in [1.82, 2.24) is 8.96 Å². The van der Waals surface area contributed by atoms with Crippen LogP contribution >= 0.6 is 0 Å². The Hall–Kier alpha value is -3.74. The average molecular weight is 441 g/mol. The summed E-state index contributed by atoms with van der Waals surface area (Å²) in [6.45, 7) is 0. The van der Waals surface area contributed by atoms with Crippen molar-refractivity contribution < 1.29 is 13.5 Å². The lowest BCUT2D eigenvalue weighted by Crippen LogP contribution is -2.03. The molecule has 5 nitrogen and oxygen atoms in total. The molecule has 1 N–H and O–H groups in total. The van der Waals surface area contributed by atoms with E-state index in [1.165, 1.54) is 3.97 Å². The number of nitrogens with zero attached hydrogens (tertiary/aromatic N) is 2. The highest BCUT2D eigenvalue weighted by Crippen LogP contribution is 2.33. The number of benzene rings is 3. The fraction of sp³-hybridized carbons (Fsp3) is 0.0385. The van der Waals surface area contributed by atoms with Crippen LogP contribution in [0.4, 0.5) is 0 Å². The molecule has 1 unspecified atom stereocenters. The first-order chi connectivity index (χ1) is 15.6. The van der Waals surface area contributed by atoms with E-state index in [9.17, 15) is 8.76 Å². The smallest absolute Gasteiger partial charge is 0.267 e. The zero-order valence-electron chi connectivity index (χ0n) is 17.3. The van der Waals surface area contributed by atoms with Gasteiger partial charge < -0.3 is 4.74 Å². The van der Waals surface area contributed by atoms with Gasteiger partial charge in [-0.05, 0) is 59.2 Å². The quantitative estimate of drug-likeness (QED) is 0.339. The molecule has 3 aromatic carbocycles. The Kier molecular flexibility index (Phi) is 5.31. The van der Waals surface area contributed by atoms with E-state index in [0.29, 0.717) is 16.9 Å². The van der Waals surface area contributed by atoms with E-state index >= 15 is 0 Å². The predicted molar refractivity (Wildman–Crippen MR) is 131 cm³/mol. The van der Waals surface area contributed by atoms with Crippen LogP contribution in [0.25, 0.3) is 45.2 Å². The molecule has 5 rings (SSSR count). The molecule has 0 aliphatic rings. The van der Waals surface area contributed by atoms with Crippen LogP contribution in [0.15, 0.2) is 84.9 Å². The van der Waals surface area contributed by atoms with Crippen molar-refractivity contribution in [3.05, 3.63) is 96.2 Å². The number of methoxy groups -OCH3 is 1. The zero-order chi connectivity index (χ0) is 22.1. The van der Waals surface area contributed by atoms with Crippen LogP contribution in [-0.4, -0.2) is 24.8 Å². The number of ether oxygens (including phenoxy) is 1. The predicted octanol–water partition coefficient (Wildman–Crippen LogP) is 6.02. The van der Waals surface area contributed by atoms with E-state index in [0.717, 1.165) is 33.2 Å². The van der Waals surface area contributed by atoms with E-state index in [1.807, 2.05) is 97.1 Å². The standard InChI is InChI=1S/C26H20N2O3S/c1-31-22-13-8-19(9-14-22)20-10-16-25-24(17-20)23-15-12-21(27-26(23)28(25)32(29)30)11-7-18-5-3-2-4-6-18/h2-17H,1H3,(H,29,30)/b11-7+. The third-order valence-corrected chi connectivity index (χ3v) is 6.10. The fourth-order valence-corrected chi connectivity index (χ4v) is 4.45. The molecule has 0 aliphatic heterocycles. The molecule has 0 saturated carbocycles. The molecule has 0 fully saturated rings. The average Bonchev–Trinajstić information content (AvgIpc) is 3.16. The summed E-state index contributed by atoms with van der Waals surface area (Å²) in [5, 5.41) is 1.71. The van der Waals surface area contributed by atoms with Gasteiger partial charge in [-0.1, -0.05) is 54.6 Å². The van der Waals surface area contributed by atoms with Crippen molar-refractivity contribution in [2.75, 3.05) is 7.11 Å². The van der Waals surface area contributed by atoms with E-state index in [2.05, 4.69) is 4.98 Å². The summed E-state index contributed by atoms with van der Waals surface area (Å²) in [6, 6.07) is 27.5. The number of hydrogen-bond acceptors (Lipinski definition) is 3. The molecule has 32 heavy (non-hydrogen) atoms. The summed E-state index contributed by atoms with van der Waals surface area (Å²) in [7, 11) is 1.64. The molecule has 2 heterocycles. The van der Waals surface area contributed by atoms with E-state index in [-0.39, 0.29) is 0 Å². The van der Waals surface area contributed by atoms with Crippen molar-refractivity contribution in [3.63, 3.8) is 0 Å². The summed E-state index contributed by atoms with van der Waals surface area (Å²) >= 11 is -2.24. The van der Waals surface area contributed by atoms with E-state index < -0.39 is 11.3 Å². The molecule has 0 spiro atoms. The number of pyridine rings is 1. The highest BCUT2D eigenvalue weighted by molar-refractivity contribution is 7.78. The molecule has 0 radical (unpaired) electrons. The normalized spacial score (nSPS) is 12.6. The molecule has 5 aromatic rings. The first kappa shape index (κ1) is 20.2. The van der Waals surface area contributed by atoms with Gasteiger partial charge in [0.2, 0.25) is 0 Å². The number of rotatable bonds is 5. The minimum atomic E-state index is -2.24. The summed E-state index contributed by atoms with van der Waals surface area (Å²) in [5.41, 5.74) is 4.96. The lowest BCUT2D eigenvalue weighted by molar-refractivity contribution is 0.415. The van der Waals surface area contributed by atoms with Crippen molar-refractivity contribution in [2.24, 2.45) is 0 Å². The maximum Gasteiger partial charge on any atom is 0.267 e. The van der Waals surface area contributed by atoms with Crippen LogP contribution in [0, 0.1) is 0 Å². The van der Waals surface area contributed by atoms with Crippen LogP contribution in [0.5, 0.6) is 5.75 Å². The molecule has 0 aliphatic carbocycles. The maximum atomic E-state index is 12.2. The van der Waals surface area contributed by atoms with Gasteiger partial charge in [0.1, 0.15) is 5.75 Å². The molecule has 158 valence electrons. The Morgan fingerprint density at radius 2 is 1.62 bits per heavy atom. The molecule has 0 bridgehead atoms. The Bertz CT molecular complexity index is 1470. The molecule has 0 saturated heterocycles. The first-order valence-electron chi connectivity index (χ1n) is 10.1. The molecule has 2 aromatic heterocycles. The largest absolute Gasteiger partial charge is 0.497 e.